The summed E-state index contributed by atoms with van der Waals surface area (Å²) in [6.07, 6.45) is 0. The van der Waals surface area contributed by atoms with Gasteiger partial charge in [-0.3, -0.25) is 5.43 Å². The molecule has 88 valence electrons. The molecule has 0 saturated heterocycles. The average Bonchev–Trinajstić information content (AvgIpc) is 2.75. The Hall–Kier alpha value is -1.03. The molecule has 0 aliphatic heterocycles. The topological polar surface area (TPSA) is 24.4 Å². The molecule has 5 heteroatoms. The Morgan fingerprint density at radius 3 is 2.41 bits per heavy atom. The van der Waals surface area contributed by atoms with E-state index >= 15 is 0 Å². The van der Waals surface area contributed by atoms with Gasteiger partial charge in [-0.05, 0) is 43.3 Å². The van der Waals surface area contributed by atoms with E-state index in [-0.39, 0.29) is 0 Å². The molecule has 1 aromatic heterocycles. The van der Waals surface area contributed by atoms with Crippen LogP contribution in [-0.2, 0) is 0 Å². The van der Waals surface area contributed by atoms with E-state index in [1.54, 1.807) is 0 Å². The first kappa shape index (κ1) is 12.4. The van der Waals surface area contributed by atoms with Gasteiger partial charge < -0.3 is 0 Å². The molecule has 2 rings (SSSR count). The Balaban J connectivity index is 2.08. The van der Waals surface area contributed by atoms with Crippen LogP contribution in [0.5, 0.6) is 0 Å². The van der Waals surface area contributed by atoms with Crippen molar-refractivity contribution in [2.24, 2.45) is 5.10 Å². The van der Waals surface area contributed by atoms with Gasteiger partial charge in [0.05, 0.1) is 20.6 Å². The Bertz CT molecular complexity index is 532. The molecule has 1 N–H and O–H groups in total. The Kier molecular flexibility index (Phi) is 4.05. The zero-order chi connectivity index (χ0) is 12.3. The molecular formula is C12H10Cl2N2S. The first-order valence-electron chi connectivity index (χ1n) is 4.97. The molecule has 1 heterocycles. The minimum Gasteiger partial charge on any atom is -0.278 e. The molecule has 0 fully saturated rings. The monoisotopic (exact) mass is 284 g/mol. The van der Waals surface area contributed by atoms with Crippen molar-refractivity contribution in [1.29, 1.82) is 0 Å². The van der Waals surface area contributed by atoms with Crippen molar-refractivity contribution >= 4 is 45.9 Å². The number of rotatable bonds is 3. The lowest BCUT2D eigenvalue weighted by Gasteiger charge is -2.01. The lowest BCUT2D eigenvalue weighted by atomic mass is 10.3. The van der Waals surface area contributed by atoms with Crippen LogP contribution in [0.1, 0.15) is 11.8 Å². The van der Waals surface area contributed by atoms with E-state index in [0.29, 0.717) is 5.02 Å². The van der Waals surface area contributed by atoms with Gasteiger partial charge in [0.15, 0.2) is 0 Å². The van der Waals surface area contributed by atoms with Gasteiger partial charge in [0, 0.05) is 5.02 Å². The summed E-state index contributed by atoms with van der Waals surface area (Å²) >= 11 is 13.2. The van der Waals surface area contributed by atoms with Crippen molar-refractivity contribution < 1.29 is 0 Å². The van der Waals surface area contributed by atoms with Crippen molar-refractivity contribution in [3.63, 3.8) is 0 Å². The largest absolute Gasteiger partial charge is 0.278 e. The molecule has 0 spiro atoms. The summed E-state index contributed by atoms with van der Waals surface area (Å²) in [5.74, 6) is 0. The lowest BCUT2D eigenvalue weighted by molar-refractivity contribution is 1.33. The predicted molar refractivity (Wildman–Crippen MR) is 76.6 cm³/mol. The van der Waals surface area contributed by atoms with Gasteiger partial charge in [-0.2, -0.15) is 5.10 Å². The molecule has 17 heavy (non-hydrogen) atoms. The summed E-state index contributed by atoms with van der Waals surface area (Å²) in [6.45, 7) is 1.94. The van der Waals surface area contributed by atoms with E-state index in [9.17, 15) is 0 Å². The number of nitrogens with one attached hydrogen (secondary N) is 1. The minimum atomic E-state index is 0.710. The van der Waals surface area contributed by atoms with E-state index in [1.807, 2.05) is 43.3 Å². The fourth-order valence-corrected chi connectivity index (χ4v) is 2.35. The van der Waals surface area contributed by atoms with Gasteiger partial charge in [-0.1, -0.05) is 23.2 Å². The number of nitrogens with zero attached hydrogens (tertiary/aromatic N) is 1. The zero-order valence-corrected chi connectivity index (χ0v) is 11.4. The predicted octanol–water partition coefficient (Wildman–Crippen LogP) is 4.89. The van der Waals surface area contributed by atoms with Gasteiger partial charge >= 0.3 is 0 Å². The highest BCUT2D eigenvalue weighted by molar-refractivity contribution is 7.18. The molecule has 0 bridgehead atoms. The maximum atomic E-state index is 5.87. The highest BCUT2D eigenvalue weighted by atomic mass is 35.5. The fourth-order valence-electron chi connectivity index (χ4n) is 1.24. The van der Waals surface area contributed by atoms with Crippen molar-refractivity contribution in [3.05, 3.63) is 50.6 Å². The maximum Gasteiger partial charge on any atom is 0.0935 e. The van der Waals surface area contributed by atoms with Crippen LogP contribution >= 0.6 is 34.5 Å². The normalized spacial score (nSPS) is 11.6. The van der Waals surface area contributed by atoms with E-state index in [4.69, 9.17) is 23.2 Å². The standard InChI is InChI=1S/C12H10Cl2N2S/c1-8(11-6-7-12(14)17-11)15-16-10-4-2-9(13)3-5-10/h2-7,16H,1H3/b15-8-. The van der Waals surface area contributed by atoms with Crippen molar-refractivity contribution in [3.8, 4) is 0 Å². The Morgan fingerprint density at radius 1 is 1.12 bits per heavy atom. The smallest absolute Gasteiger partial charge is 0.0935 e. The van der Waals surface area contributed by atoms with Gasteiger partial charge in [-0.15, -0.1) is 11.3 Å². The second-order valence-electron chi connectivity index (χ2n) is 3.42. The third-order valence-corrected chi connectivity index (χ3v) is 3.72. The zero-order valence-electron chi connectivity index (χ0n) is 9.08. The van der Waals surface area contributed by atoms with Crippen LogP contribution in [0.25, 0.3) is 0 Å². The lowest BCUT2D eigenvalue weighted by Crippen LogP contribution is -1.96. The van der Waals surface area contributed by atoms with Crippen molar-refractivity contribution in [1.82, 2.24) is 0 Å². The third kappa shape index (κ3) is 3.46. The molecule has 0 aliphatic carbocycles. The summed E-state index contributed by atoms with van der Waals surface area (Å²) in [4.78, 5) is 1.05. The van der Waals surface area contributed by atoms with Crippen LogP contribution in [0, 0.1) is 0 Å². The maximum absolute atomic E-state index is 5.87. The molecule has 0 aliphatic rings. The minimum absolute atomic E-state index is 0.710. The molecule has 0 amide bonds. The molecule has 2 nitrogen and oxygen atoms in total. The molecule has 1 aromatic carbocycles. The van der Waals surface area contributed by atoms with Gasteiger partial charge in [0.25, 0.3) is 0 Å². The average molecular weight is 285 g/mol. The van der Waals surface area contributed by atoms with Crippen LogP contribution in [0.15, 0.2) is 41.5 Å². The van der Waals surface area contributed by atoms with Crippen LogP contribution < -0.4 is 5.43 Å². The molecular weight excluding hydrogens is 275 g/mol. The second kappa shape index (κ2) is 5.54. The highest BCUT2D eigenvalue weighted by Crippen LogP contribution is 2.22. The molecule has 0 atom stereocenters. The number of anilines is 1. The van der Waals surface area contributed by atoms with Gasteiger partial charge in [0.2, 0.25) is 0 Å². The summed E-state index contributed by atoms with van der Waals surface area (Å²) in [6, 6.07) is 11.2. The number of hydrogen-bond donors (Lipinski definition) is 1. The van der Waals surface area contributed by atoms with Crippen molar-refractivity contribution in [2.75, 3.05) is 5.43 Å². The summed E-state index contributed by atoms with van der Waals surface area (Å²) < 4.78 is 0.765. The second-order valence-corrected chi connectivity index (χ2v) is 5.57. The van der Waals surface area contributed by atoms with E-state index in [1.165, 1.54) is 11.3 Å². The molecule has 0 saturated carbocycles. The van der Waals surface area contributed by atoms with E-state index in [2.05, 4.69) is 10.5 Å². The Labute approximate surface area is 114 Å². The SMILES string of the molecule is C/C(=N/Nc1ccc(Cl)cc1)c1ccc(Cl)s1. The van der Waals surface area contributed by atoms with E-state index in [0.717, 1.165) is 20.6 Å². The van der Waals surface area contributed by atoms with Crippen LogP contribution in [0.2, 0.25) is 9.36 Å². The molecule has 0 unspecified atom stereocenters. The first-order chi connectivity index (χ1) is 8.15. The number of hydrazone groups is 1. The van der Waals surface area contributed by atoms with E-state index < -0.39 is 0 Å². The summed E-state index contributed by atoms with van der Waals surface area (Å²) in [5, 5.41) is 4.99. The third-order valence-electron chi connectivity index (χ3n) is 2.13. The fraction of sp³-hybridized carbons (Fsp3) is 0.0833. The highest BCUT2D eigenvalue weighted by Gasteiger charge is 2.01. The van der Waals surface area contributed by atoms with Crippen molar-refractivity contribution in [2.45, 2.75) is 6.92 Å². The number of thiophene rings is 1. The number of benzene rings is 1. The van der Waals surface area contributed by atoms with Crippen LogP contribution in [0.4, 0.5) is 5.69 Å². The summed E-state index contributed by atoms with van der Waals surface area (Å²) in [5.41, 5.74) is 4.77. The quantitative estimate of drug-likeness (QED) is 0.630. The van der Waals surface area contributed by atoms with Gasteiger partial charge in [0.1, 0.15) is 0 Å². The van der Waals surface area contributed by atoms with Gasteiger partial charge in [-0.25, -0.2) is 0 Å². The molecule has 0 radical (unpaired) electrons. The van der Waals surface area contributed by atoms with Crippen LogP contribution in [0.3, 0.4) is 0 Å². The first-order valence-corrected chi connectivity index (χ1v) is 6.54. The Morgan fingerprint density at radius 2 is 1.82 bits per heavy atom. The number of hydrogen-bond acceptors (Lipinski definition) is 3. The molecule has 2 aromatic rings. The van der Waals surface area contributed by atoms with Crippen LogP contribution in [-0.4, -0.2) is 5.71 Å². The number of halogens is 2. The summed E-state index contributed by atoms with van der Waals surface area (Å²) in [7, 11) is 0.